The summed E-state index contributed by atoms with van der Waals surface area (Å²) in [7, 11) is 1.85. The number of rotatable bonds is 21. The van der Waals surface area contributed by atoms with E-state index in [1.54, 1.807) is 50.2 Å². The average Bonchev–Trinajstić information content (AvgIpc) is 3.44. The maximum atomic E-state index is 13.4. The van der Waals surface area contributed by atoms with E-state index in [0.29, 0.717) is 49.2 Å². The van der Waals surface area contributed by atoms with Crippen LogP contribution in [0.4, 0.5) is 21.0 Å². The minimum atomic E-state index is -1.01. The average molecular weight is 735 g/mol. The van der Waals surface area contributed by atoms with E-state index >= 15 is 0 Å². The lowest BCUT2D eigenvalue weighted by Crippen LogP contribution is -2.54. The van der Waals surface area contributed by atoms with Gasteiger partial charge in [0.1, 0.15) is 18.7 Å². The highest BCUT2D eigenvalue weighted by Gasteiger charge is 2.29. The van der Waals surface area contributed by atoms with Crippen molar-refractivity contribution in [2.75, 3.05) is 30.8 Å². The van der Waals surface area contributed by atoms with Crippen LogP contribution in [0.15, 0.2) is 60.7 Å². The van der Waals surface area contributed by atoms with E-state index in [-0.39, 0.29) is 56.2 Å². The van der Waals surface area contributed by atoms with Crippen LogP contribution in [0.5, 0.6) is 0 Å². The Bertz CT molecular complexity index is 1590. The normalized spacial score (nSPS) is 13.3. The Morgan fingerprint density at radius 3 is 2.00 bits per heavy atom. The van der Waals surface area contributed by atoms with E-state index in [4.69, 9.17) is 10.5 Å². The van der Waals surface area contributed by atoms with Gasteiger partial charge in [-0.3, -0.25) is 34.2 Å². The molecule has 0 aliphatic carbocycles. The summed E-state index contributed by atoms with van der Waals surface area (Å²) in [6.45, 7) is 4.69. The van der Waals surface area contributed by atoms with Gasteiger partial charge in [-0.1, -0.05) is 44.5 Å². The van der Waals surface area contributed by atoms with Crippen molar-refractivity contribution < 1.29 is 38.3 Å². The third-order valence-electron chi connectivity index (χ3n) is 8.23. The first-order valence-electron chi connectivity index (χ1n) is 17.6. The predicted molar refractivity (Wildman–Crippen MR) is 198 cm³/mol. The van der Waals surface area contributed by atoms with Crippen LogP contribution in [0, 0.1) is 5.92 Å². The third-order valence-corrected chi connectivity index (χ3v) is 8.23. The fourth-order valence-electron chi connectivity index (χ4n) is 5.34. The Labute approximate surface area is 309 Å². The molecule has 1 aliphatic heterocycles. The quantitative estimate of drug-likeness (QED) is 0.0738. The minimum absolute atomic E-state index is 0.00983. The number of imide groups is 1. The van der Waals surface area contributed by atoms with E-state index < -0.39 is 36.0 Å². The molecule has 0 saturated carbocycles. The molecule has 0 saturated heterocycles. The van der Waals surface area contributed by atoms with Crippen LogP contribution < -0.4 is 37.6 Å². The molecular weight excluding hydrogens is 684 g/mol. The maximum Gasteiger partial charge on any atom is 0.411 e. The second-order valence-electron chi connectivity index (χ2n) is 12.9. The number of hydrogen-bond donors (Lipinski definition) is 7. The molecule has 0 radical (unpaired) electrons. The molecule has 2 aromatic rings. The topological polar surface area (TPSA) is 230 Å². The summed E-state index contributed by atoms with van der Waals surface area (Å²) in [5.74, 6) is -2.41. The molecule has 1 heterocycles. The predicted octanol–water partition coefficient (Wildman–Crippen LogP) is 2.65. The molecule has 0 bridgehead atoms. The first-order chi connectivity index (χ1) is 25.4. The molecular formula is C37H50N8O8. The standard InChI is InChI=1S/C37H50N8O8/c1-24(2)33(44-30(46)9-5-4-6-21-45-31(47)18-19-32(45)48)35(50)43-29(8-7-20-40-36(38)51)34(49)41-27-16-12-26(13-17-27)23-53-37(52)42-28-14-10-25(11-15-28)22-39-3/h10-19,24,29,33,39H,4-9,20-23H2,1-3H3,(H,41,49)(H,42,52)(H,43,50)(H,44,46)(H3,38,40,51)/t29-,33?/m0/s1. The third kappa shape index (κ3) is 14.8. The number of anilines is 2. The minimum Gasteiger partial charge on any atom is -0.444 e. The summed E-state index contributed by atoms with van der Waals surface area (Å²) < 4.78 is 5.32. The summed E-state index contributed by atoms with van der Waals surface area (Å²) in [5, 5.41) is 16.5. The molecule has 1 aliphatic rings. The highest BCUT2D eigenvalue weighted by Crippen LogP contribution is 2.15. The SMILES string of the molecule is CNCc1ccc(NC(=O)OCc2ccc(NC(=O)[C@H](CCCNC(N)=O)NC(=O)C(NC(=O)CCCCCN3C(=O)C=CC3=O)C(C)C)cc2)cc1. The number of hydrogen-bond acceptors (Lipinski definition) is 9. The van der Waals surface area contributed by atoms with Crippen molar-refractivity contribution in [1.82, 2.24) is 26.2 Å². The number of amides is 8. The molecule has 2 aromatic carbocycles. The van der Waals surface area contributed by atoms with Gasteiger partial charge in [-0.2, -0.15) is 0 Å². The number of ether oxygens (including phenoxy) is 1. The van der Waals surface area contributed by atoms with Crippen LogP contribution in [0.2, 0.25) is 0 Å². The summed E-state index contributed by atoms with van der Waals surface area (Å²) >= 11 is 0. The Morgan fingerprint density at radius 2 is 1.40 bits per heavy atom. The Balaban J connectivity index is 1.51. The monoisotopic (exact) mass is 734 g/mol. The van der Waals surface area contributed by atoms with Crippen molar-refractivity contribution in [3.05, 3.63) is 71.8 Å². The lowest BCUT2D eigenvalue weighted by atomic mass is 10.0. The number of carbonyl (C=O) groups excluding carboxylic acids is 7. The molecule has 0 aromatic heterocycles. The number of urea groups is 1. The van der Waals surface area contributed by atoms with Gasteiger partial charge in [-0.25, -0.2) is 9.59 Å². The molecule has 16 heteroatoms. The number of nitrogens with one attached hydrogen (secondary N) is 6. The fraction of sp³-hybridized carbons (Fsp3) is 0.432. The summed E-state index contributed by atoms with van der Waals surface area (Å²) in [6.07, 6.45) is 4.09. The van der Waals surface area contributed by atoms with Crippen molar-refractivity contribution in [2.45, 2.75) is 77.6 Å². The van der Waals surface area contributed by atoms with Gasteiger partial charge in [0.05, 0.1) is 0 Å². The maximum absolute atomic E-state index is 13.4. The molecule has 8 N–H and O–H groups in total. The first-order valence-corrected chi connectivity index (χ1v) is 17.6. The van der Waals surface area contributed by atoms with Crippen LogP contribution in [-0.4, -0.2) is 78.8 Å². The molecule has 286 valence electrons. The van der Waals surface area contributed by atoms with Gasteiger partial charge < -0.3 is 37.1 Å². The molecule has 0 spiro atoms. The van der Waals surface area contributed by atoms with Crippen LogP contribution in [0.25, 0.3) is 0 Å². The number of nitrogens with zero attached hydrogens (tertiary/aromatic N) is 1. The lowest BCUT2D eigenvalue weighted by molar-refractivity contribution is -0.137. The largest absolute Gasteiger partial charge is 0.444 e. The van der Waals surface area contributed by atoms with E-state index in [0.717, 1.165) is 10.5 Å². The van der Waals surface area contributed by atoms with Gasteiger partial charge >= 0.3 is 12.1 Å². The van der Waals surface area contributed by atoms with Crippen molar-refractivity contribution in [3.63, 3.8) is 0 Å². The van der Waals surface area contributed by atoms with Crippen LogP contribution >= 0.6 is 0 Å². The number of benzene rings is 2. The highest BCUT2D eigenvalue weighted by molar-refractivity contribution is 6.12. The fourth-order valence-corrected chi connectivity index (χ4v) is 5.34. The van der Waals surface area contributed by atoms with Crippen LogP contribution in [-0.2, 0) is 41.9 Å². The van der Waals surface area contributed by atoms with Crippen molar-refractivity contribution in [1.29, 1.82) is 0 Å². The number of unbranched alkanes of at least 4 members (excludes halogenated alkanes) is 2. The highest BCUT2D eigenvalue weighted by atomic mass is 16.5. The van der Waals surface area contributed by atoms with Crippen molar-refractivity contribution >= 4 is 53.0 Å². The van der Waals surface area contributed by atoms with E-state index in [9.17, 15) is 33.6 Å². The Kier molecular flexibility index (Phi) is 16.9. The number of carbonyl (C=O) groups is 7. The zero-order valence-electron chi connectivity index (χ0n) is 30.4. The van der Waals surface area contributed by atoms with Gasteiger partial charge in [0.2, 0.25) is 17.7 Å². The molecule has 53 heavy (non-hydrogen) atoms. The number of nitrogens with two attached hydrogens (primary N) is 1. The second kappa shape index (κ2) is 21.6. The lowest BCUT2D eigenvalue weighted by Gasteiger charge is -2.25. The van der Waals surface area contributed by atoms with Gasteiger partial charge in [0.15, 0.2) is 0 Å². The molecule has 2 atom stereocenters. The zero-order chi connectivity index (χ0) is 38.8. The molecule has 0 fully saturated rings. The molecule has 16 nitrogen and oxygen atoms in total. The molecule has 8 amide bonds. The summed E-state index contributed by atoms with van der Waals surface area (Å²) in [6, 6.07) is 11.3. The van der Waals surface area contributed by atoms with E-state index in [1.807, 2.05) is 19.2 Å². The van der Waals surface area contributed by atoms with Crippen LogP contribution in [0.1, 0.15) is 63.5 Å². The van der Waals surface area contributed by atoms with E-state index in [2.05, 4.69) is 31.9 Å². The van der Waals surface area contributed by atoms with E-state index in [1.165, 1.54) is 12.2 Å². The first kappa shape index (κ1) is 41.6. The zero-order valence-corrected chi connectivity index (χ0v) is 30.4. The summed E-state index contributed by atoms with van der Waals surface area (Å²) in [5.41, 5.74) is 7.94. The van der Waals surface area contributed by atoms with Crippen LogP contribution in [0.3, 0.4) is 0 Å². The Hall–Kier alpha value is -5.77. The van der Waals surface area contributed by atoms with Crippen molar-refractivity contribution in [2.24, 2.45) is 11.7 Å². The molecule has 3 rings (SSSR count). The molecule has 1 unspecified atom stereocenters. The number of primary amides is 1. The van der Waals surface area contributed by atoms with Gasteiger partial charge in [0.25, 0.3) is 11.8 Å². The van der Waals surface area contributed by atoms with Gasteiger partial charge in [0, 0.05) is 49.6 Å². The van der Waals surface area contributed by atoms with Gasteiger partial charge in [-0.15, -0.1) is 0 Å². The second-order valence-corrected chi connectivity index (χ2v) is 12.9. The smallest absolute Gasteiger partial charge is 0.411 e. The Morgan fingerprint density at radius 1 is 0.774 bits per heavy atom. The van der Waals surface area contributed by atoms with Gasteiger partial charge in [-0.05, 0) is 74.0 Å². The summed E-state index contributed by atoms with van der Waals surface area (Å²) in [4.78, 5) is 87.5. The van der Waals surface area contributed by atoms with Crippen molar-refractivity contribution in [3.8, 4) is 0 Å².